The molecule has 0 aliphatic rings. The second-order valence-corrected chi connectivity index (χ2v) is 4.13. The minimum absolute atomic E-state index is 0.158. The Hall–Kier alpha value is -2.53. The maximum Gasteiger partial charge on any atom is 0.300 e. The summed E-state index contributed by atoms with van der Waals surface area (Å²) >= 11 is 0. The Morgan fingerprint density at radius 3 is 2.90 bits per heavy atom. The highest BCUT2D eigenvalue weighted by atomic mass is 16.5. The van der Waals surface area contributed by atoms with Gasteiger partial charge in [0.15, 0.2) is 5.76 Å². The van der Waals surface area contributed by atoms with Crippen LogP contribution in [0.2, 0.25) is 0 Å². The lowest BCUT2D eigenvalue weighted by Crippen LogP contribution is -2.29. The third-order valence-electron chi connectivity index (χ3n) is 2.72. The summed E-state index contributed by atoms with van der Waals surface area (Å²) in [4.78, 5) is 11.3. The molecule has 0 saturated carbocycles. The van der Waals surface area contributed by atoms with Crippen molar-refractivity contribution in [2.45, 2.75) is 13.0 Å². The molecular weight excluding hydrogens is 256 g/mol. The van der Waals surface area contributed by atoms with Crippen LogP contribution in [0.4, 0.5) is 0 Å². The van der Waals surface area contributed by atoms with E-state index in [9.17, 15) is 4.79 Å². The molecule has 0 unspecified atom stereocenters. The van der Waals surface area contributed by atoms with E-state index in [1.165, 1.54) is 0 Å². The zero-order chi connectivity index (χ0) is 14.4. The molecule has 5 nitrogen and oxygen atoms in total. The number of carbonyl (C=O) groups excluding carboxylic acids is 1. The lowest BCUT2D eigenvalue weighted by atomic mass is 10.1. The number of hydrazine groups is 1. The Morgan fingerprint density at radius 2 is 2.15 bits per heavy atom. The van der Waals surface area contributed by atoms with Crippen molar-refractivity contribution in [3.05, 3.63) is 66.1 Å². The second kappa shape index (κ2) is 6.58. The molecule has 0 radical (unpaired) electrons. The minimum atomic E-state index is -0.469. The Kier molecular flexibility index (Phi) is 4.57. The van der Waals surface area contributed by atoms with E-state index >= 15 is 0 Å². The number of benzene rings is 1. The Bertz CT molecular complexity index is 605. The third kappa shape index (κ3) is 3.27. The molecule has 5 heteroatoms. The molecule has 1 heterocycles. The summed E-state index contributed by atoms with van der Waals surface area (Å²) in [6.07, 6.45) is 2.55. The first-order valence-electron chi connectivity index (χ1n) is 6.16. The van der Waals surface area contributed by atoms with Gasteiger partial charge in [0.1, 0.15) is 18.1 Å². The van der Waals surface area contributed by atoms with Gasteiger partial charge >= 0.3 is 5.91 Å². The van der Waals surface area contributed by atoms with Gasteiger partial charge in [-0.05, 0) is 30.2 Å². The van der Waals surface area contributed by atoms with Gasteiger partial charge in [0, 0.05) is 0 Å². The molecule has 2 rings (SSSR count). The molecule has 0 bridgehead atoms. The van der Waals surface area contributed by atoms with Gasteiger partial charge in [-0.25, -0.2) is 5.84 Å². The summed E-state index contributed by atoms with van der Waals surface area (Å²) in [7, 11) is 0. The van der Waals surface area contributed by atoms with Gasteiger partial charge in [-0.2, -0.15) is 0 Å². The quantitative estimate of drug-likeness (QED) is 0.366. The molecule has 0 aliphatic carbocycles. The predicted octanol–water partition coefficient (Wildman–Crippen LogP) is 2.19. The summed E-state index contributed by atoms with van der Waals surface area (Å²) in [5, 5.41) is 0. The predicted molar refractivity (Wildman–Crippen MR) is 75.0 cm³/mol. The van der Waals surface area contributed by atoms with E-state index < -0.39 is 5.91 Å². The number of amides is 1. The van der Waals surface area contributed by atoms with E-state index in [4.69, 9.17) is 15.0 Å². The van der Waals surface area contributed by atoms with E-state index in [-0.39, 0.29) is 12.4 Å². The van der Waals surface area contributed by atoms with Crippen LogP contribution in [0.1, 0.15) is 21.9 Å². The second-order valence-electron chi connectivity index (χ2n) is 4.13. The van der Waals surface area contributed by atoms with Crippen molar-refractivity contribution in [1.29, 1.82) is 0 Å². The molecule has 0 fully saturated rings. The average molecular weight is 272 g/mol. The van der Waals surface area contributed by atoms with Gasteiger partial charge in [0.25, 0.3) is 0 Å². The SMILES string of the molecule is C=CCc1ccccc1OCc1ccc(C(=O)NN)o1. The molecule has 104 valence electrons. The monoisotopic (exact) mass is 272 g/mol. The van der Waals surface area contributed by atoms with E-state index in [0.717, 1.165) is 17.7 Å². The zero-order valence-corrected chi connectivity index (χ0v) is 11.0. The number of para-hydroxylation sites is 1. The Balaban J connectivity index is 2.03. The third-order valence-corrected chi connectivity index (χ3v) is 2.72. The number of allylic oxidation sites excluding steroid dienone is 1. The van der Waals surface area contributed by atoms with Crippen molar-refractivity contribution in [3.63, 3.8) is 0 Å². The standard InChI is InChI=1S/C15H16N2O3/c1-2-5-11-6-3-4-7-13(11)19-10-12-8-9-14(20-12)15(18)17-16/h2-4,6-9H,1,5,10,16H2,(H,17,18). The molecule has 0 spiro atoms. The van der Waals surface area contributed by atoms with Crippen molar-refractivity contribution in [3.8, 4) is 5.75 Å². The molecule has 1 aromatic carbocycles. The summed E-state index contributed by atoms with van der Waals surface area (Å²) in [5.74, 6) is 6.04. The van der Waals surface area contributed by atoms with E-state index in [1.807, 2.05) is 35.8 Å². The van der Waals surface area contributed by atoms with Crippen molar-refractivity contribution in [2.24, 2.45) is 5.84 Å². The van der Waals surface area contributed by atoms with Crippen LogP contribution in [-0.4, -0.2) is 5.91 Å². The van der Waals surface area contributed by atoms with Gasteiger partial charge in [0.05, 0.1) is 0 Å². The molecule has 20 heavy (non-hydrogen) atoms. The van der Waals surface area contributed by atoms with E-state index in [0.29, 0.717) is 5.76 Å². The van der Waals surface area contributed by atoms with Crippen molar-refractivity contribution >= 4 is 5.91 Å². The van der Waals surface area contributed by atoms with Crippen molar-refractivity contribution < 1.29 is 13.9 Å². The largest absolute Gasteiger partial charge is 0.485 e. The molecular formula is C15H16N2O3. The summed E-state index contributed by atoms with van der Waals surface area (Å²) < 4.78 is 11.0. The van der Waals surface area contributed by atoms with E-state index in [1.54, 1.807) is 12.1 Å². The molecule has 0 aliphatic heterocycles. The molecule has 3 N–H and O–H groups in total. The Morgan fingerprint density at radius 1 is 1.35 bits per heavy atom. The fraction of sp³-hybridized carbons (Fsp3) is 0.133. The maximum absolute atomic E-state index is 11.3. The number of nitrogen functional groups attached to an aromatic ring is 1. The average Bonchev–Trinajstić information content (AvgIpc) is 2.95. The van der Waals surface area contributed by atoms with Gasteiger partial charge < -0.3 is 9.15 Å². The number of nitrogens with two attached hydrogens (primary N) is 1. The molecule has 1 amide bonds. The number of hydrogen-bond donors (Lipinski definition) is 2. The van der Waals surface area contributed by atoms with Gasteiger partial charge in [-0.1, -0.05) is 24.3 Å². The van der Waals surface area contributed by atoms with Crippen LogP contribution in [0.25, 0.3) is 0 Å². The van der Waals surface area contributed by atoms with Crippen LogP contribution in [0.15, 0.2) is 53.5 Å². The summed E-state index contributed by atoms with van der Waals surface area (Å²) in [6.45, 7) is 3.96. The van der Waals surface area contributed by atoms with Gasteiger partial charge in [0.2, 0.25) is 0 Å². The fourth-order valence-corrected chi connectivity index (χ4v) is 1.77. The van der Waals surface area contributed by atoms with Gasteiger partial charge in [-0.15, -0.1) is 6.58 Å². The highest BCUT2D eigenvalue weighted by Gasteiger charge is 2.10. The lowest BCUT2D eigenvalue weighted by Gasteiger charge is -2.08. The summed E-state index contributed by atoms with van der Waals surface area (Å²) in [5.41, 5.74) is 3.06. The van der Waals surface area contributed by atoms with E-state index in [2.05, 4.69) is 6.58 Å². The van der Waals surface area contributed by atoms with Crippen LogP contribution in [0.3, 0.4) is 0 Å². The highest BCUT2D eigenvalue weighted by molar-refractivity contribution is 5.90. The first-order valence-corrected chi connectivity index (χ1v) is 6.16. The van der Waals surface area contributed by atoms with Gasteiger partial charge in [-0.3, -0.25) is 10.2 Å². The zero-order valence-electron chi connectivity index (χ0n) is 11.0. The summed E-state index contributed by atoms with van der Waals surface area (Å²) in [6, 6.07) is 10.9. The molecule has 0 atom stereocenters. The number of rotatable bonds is 6. The number of carbonyl (C=O) groups is 1. The first kappa shape index (κ1) is 13.9. The van der Waals surface area contributed by atoms with Crippen LogP contribution in [0.5, 0.6) is 5.75 Å². The smallest absolute Gasteiger partial charge is 0.300 e. The minimum Gasteiger partial charge on any atom is -0.485 e. The molecule has 1 aromatic heterocycles. The molecule has 0 saturated heterocycles. The Labute approximate surface area is 117 Å². The first-order chi connectivity index (χ1) is 9.74. The number of hydrogen-bond acceptors (Lipinski definition) is 4. The topological polar surface area (TPSA) is 77.5 Å². The number of ether oxygens (including phenoxy) is 1. The number of furan rings is 1. The fourth-order valence-electron chi connectivity index (χ4n) is 1.77. The maximum atomic E-state index is 11.3. The highest BCUT2D eigenvalue weighted by Crippen LogP contribution is 2.20. The van der Waals surface area contributed by atoms with Crippen LogP contribution < -0.4 is 16.0 Å². The van der Waals surface area contributed by atoms with Crippen molar-refractivity contribution in [1.82, 2.24) is 5.43 Å². The van der Waals surface area contributed by atoms with Crippen LogP contribution in [0, 0.1) is 0 Å². The lowest BCUT2D eigenvalue weighted by molar-refractivity contribution is 0.0922. The van der Waals surface area contributed by atoms with Crippen LogP contribution in [-0.2, 0) is 13.0 Å². The number of nitrogens with one attached hydrogen (secondary N) is 1. The normalized spacial score (nSPS) is 10.1. The van der Waals surface area contributed by atoms with Crippen LogP contribution >= 0.6 is 0 Å². The van der Waals surface area contributed by atoms with Crippen molar-refractivity contribution in [2.75, 3.05) is 0 Å². The molecule has 2 aromatic rings.